The van der Waals surface area contributed by atoms with Gasteiger partial charge in [-0.25, -0.2) is 9.97 Å². The van der Waals surface area contributed by atoms with Gasteiger partial charge in [0.15, 0.2) is 11.5 Å². The Hall–Kier alpha value is -2.82. The van der Waals surface area contributed by atoms with E-state index in [-0.39, 0.29) is 11.5 Å². The molecule has 0 amide bonds. The number of phenols is 2. The number of rotatable bonds is 4. The summed E-state index contributed by atoms with van der Waals surface area (Å²) in [6.45, 7) is 2.71. The van der Waals surface area contributed by atoms with E-state index in [1.807, 2.05) is 19.1 Å². The molecule has 5 nitrogen and oxygen atoms in total. The lowest BCUT2D eigenvalue weighted by Gasteiger charge is -2.09. The second kappa shape index (κ2) is 5.89. The van der Waals surface area contributed by atoms with Crippen molar-refractivity contribution >= 4 is 16.7 Å². The highest BCUT2D eigenvalue weighted by Crippen LogP contribution is 2.25. The number of nitrogens with zero attached hydrogens (tertiary/aromatic N) is 2. The summed E-state index contributed by atoms with van der Waals surface area (Å²) >= 11 is 0. The molecular formula is C17H17N3O2. The normalized spacial score (nSPS) is 10.8. The van der Waals surface area contributed by atoms with Crippen LogP contribution in [0.15, 0.2) is 42.7 Å². The summed E-state index contributed by atoms with van der Waals surface area (Å²) in [6.07, 6.45) is 2.26. The number of aromatic nitrogens is 2. The van der Waals surface area contributed by atoms with E-state index in [1.165, 1.54) is 6.07 Å². The highest BCUT2D eigenvalue weighted by Gasteiger charge is 2.04. The lowest BCUT2D eigenvalue weighted by Crippen LogP contribution is -2.07. The molecule has 1 heterocycles. The lowest BCUT2D eigenvalue weighted by atomic mass is 10.1. The standard InChI is InChI=1S/C17H17N3O2/c1-11-2-4-14-13(8-11)17(20-10-19-14)18-7-6-12-3-5-15(21)16(22)9-12/h2-5,8-10,21-22H,6-7H2,1H3,(H,18,19,20). The van der Waals surface area contributed by atoms with Gasteiger partial charge in [-0.3, -0.25) is 0 Å². The van der Waals surface area contributed by atoms with E-state index in [2.05, 4.69) is 21.4 Å². The van der Waals surface area contributed by atoms with Crippen LogP contribution in [-0.4, -0.2) is 26.7 Å². The number of anilines is 1. The molecule has 22 heavy (non-hydrogen) atoms. The van der Waals surface area contributed by atoms with Gasteiger partial charge in [0, 0.05) is 11.9 Å². The summed E-state index contributed by atoms with van der Waals surface area (Å²) in [4.78, 5) is 8.56. The Kier molecular flexibility index (Phi) is 3.78. The van der Waals surface area contributed by atoms with Gasteiger partial charge in [0.1, 0.15) is 12.1 Å². The van der Waals surface area contributed by atoms with E-state index >= 15 is 0 Å². The van der Waals surface area contributed by atoms with Crippen LogP contribution in [0.4, 0.5) is 5.82 Å². The number of phenolic OH excluding ortho intramolecular Hbond substituents is 2. The number of hydrogen-bond donors (Lipinski definition) is 3. The lowest BCUT2D eigenvalue weighted by molar-refractivity contribution is 0.403. The Morgan fingerprint density at radius 2 is 1.86 bits per heavy atom. The van der Waals surface area contributed by atoms with Crippen molar-refractivity contribution in [2.24, 2.45) is 0 Å². The molecule has 0 radical (unpaired) electrons. The molecule has 0 aliphatic carbocycles. The summed E-state index contributed by atoms with van der Waals surface area (Å²) in [7, 11) is 0. The van der Waals surface area contributed by atoms with Crippen LogP contribution in [-0.2, 0) is 6.42 Å². The maximum absolute atomic E-state index is 9.50. The summed E-state index contributed by atoms with van der Waals surface area (Å²) in [6, 6.07) is 10.9. The van der Waals surface area contributed by atoms with Crippen LogP contribution in [0.2, 0.25) is 0 Å². The highest BCUT2D eigenvalue weighted by molar-refractivity contribution is 5.89. The molecule has 0 fully saturated rings. The van der Waals surface area contributed by atoms with Gasteiger partial charge in [-0.2, -0.15) is 0 Å². The number of hydrogen-bond acceptors (Lipinski definition) is 5. The van der Waals surface area contributed by atoms with Gasteiger partial charge in [0.05, 0.1) is 5.52 Å². The van der Waals surface area contributed by atoms with E-state index < -0.39 is 0 Å². The van der Waals surface area contributed by atoms with Crippen LogP contribution in [0, 0.1) is 6.92 Å². The molecule has 1 aromatic heterocycles. The fraction of sp³-hybridized carbons (Fsp3) is 0.176. The summed E-state index contributed by atoms with van der Waals surface area (Å²) in [5, 5.41) is 23.1. The molecule has 0 bridgehead atoms. The Bertz CT molecular complexity index is 818. The van der Waals surface area contributed by atoms with Gasteiger partial charge in [-0.05, 0) is 43.2 Å². The van der Waals surface area contributed by atoms with Gasteiger partial charge >= 0.3 is 0 Å². The summed E-state index contributed by atoms with van der Waals surface area (Å²) < 4.78 is 0. The highest BCUT2D eigenvalue weighted by atomic mass is 16.3. The Morgan fingerprint density at radius 1 is 1.00 bits per heavy atom. The van der Waals surface area contributed by atoms with Gasteiger partial charge in [0.2, 0.25) is 0 Å². The molecule has 0 aliphatic rings. The molecule has 3 aromatic rings. The van der Waals surface area contributed by atoms with Crippen molar-refractivity contribution in [1.29, 1.82) is 0 Å². The zero-order chi connectivity index (χ0) is 15.5. The molecular weight excluding hydrogens is 278 g/mol. The van der Waals surface area contributed by atoms with Crippen LogP contribution in [0.1, 0.15) is 11.1 Å². The predicted molar refractivity (Wildman–Crippen MR) is 86.2 cm³/mol. The van der Waals surface area contributed by atoms with Crippen molar-refractivity contribution in [1.82, 2.24) is 9.97 Å². The second-order valence-corrected chi connectivity index (χ2v) is 5.24. The number of benzene rings is 2. The zero-order valence-corrected chi connectivity index (χ0v) is 12.2. The van der Waals surface area contributed by atoms with Crippen molar-refractivity contribution < 1.29 is 10.2 Å². The van der Waals surface area contributed by atoms with E-state index in [0.29, 0.717) is 13.0 Å². The van der Waals surface area contributed by atoms with Crippen LogP contribution >= 0.6 is 0 Å². The first-order valence-electron chi connectivity index (χ1n) is 7.09. The third kappa shape index (κ3) is 2.93. The maximum Gasteiger partial charge on any atom is 0.157 e. The van der Waals surface area contributed by atoms with Crippen LogP contribution in [0.3, 0.4) is 0 Å². The molecule has 0 atom stereocenters. The van der Waals surface area contributed by atoms with Crippen LogP contribution in [0.25, 0.3) is 10.9 Å². The molecule has 0 aliphatic heterocycles. The number of nitrogens with one attached hydrogen (secondary N) is 1. The molecule has 5 heteroatoms. The van der Waals surface area contributed by atoms with Gasteiger partial charge < -0.3 is 15.5 Å². The van der Waals surface area contributed by atoms with E-state index in [9.17, 15) is 10.2 Å². The minimum absolute atomic E-state index is 0.0967. The smallest absolute Gasteiger partial charge is 0.157 e. The molecule has 2 aromatic carbocycles. The molecule has 112 valence electrons. The Balaban J connectivity index is 1.74. The van der Waals surface area contributed by atoms with Crippen molar-refractivity contribution in [2.45, 2.75) is 13.3 Å². The van der Waals surface area contributed by atoms with Crippen molar-refractivity contribution in [3.63, 3.8) is 0 Å². The number of aromatic hydroxyl groups is 2. The first-order valence-corrected chi connectivity index (χ1v) is 7.09. The van der Waals surface area contributed by atoms with E-state index in [1.54, 1.807) is 18.5 Å². The molecule has 3 rings (SSSR count). The fourth-order valence-corrected chi connectivity index (χ4v) is 2.36. The summed E-state index contributed by atoms with van der Waals surface area (Å²) in [5.74, 6) is 0.603. The zero-order valence-electron chi connectivity index (χ0n) is 12.2. The quantitative estimate of drug-likeness (QED) is 0.645. The average Bonchev–Trinajstić information content (AvgIpc) is 2.51. The number of fused-ring (bicyclic) bond motifs is 1. The second-order valence-electron chi connectivity index (χ2n) is 5.24. The largest absolute Gasteiger partial charge is 0.504 e. The molecule has 3 N–H and O–H groups in total. The fourth-order valence-electron chi connectivity index (χ4n) is 2.36. The van der Waals surface area contributed by atoms with Crippen molar-refractivity contribution in [3.8, 4) is 11.5 Å². The SMILES string of the molecule is Cc1ccc2ncnc(NCCc3ccc(O)c(O)c3)c2c1. The molecule has 0 saturated carbocycles. The van der Waals surface area contributed by atoms with Gasteiger partial charge in [-0.1, -0.05) is 17.7 Å². The molecule has 0 spiro atoms. The van der Waals surface area contributed by atoms with Gasteiger partial charge in [-0.15, -0.1) is 0 Å². The minimum Gasteiger partial charge on any atom is -0.504 e. The maximum atomic E-state index is 9.50. The monoisotopic (exact) mass is 295 g/mol. The first-order chi connectivity index (χ1) is 10.6. The van der Waals surface area contributed by atoms with E-state index in [4.69, 9.17) is 0 Å². The third-order valence-electron chi connectivity index (χ3n) is 3.54. The molecule has 0 saturated heterocycles. The Morgan fingerprint density at radius 3 is 2.68 bits per heavy atom. The van der Waals surface area contributed by atoms with Gasteiger partial charge in [0.25, 0.3) is 0 Å². The Labute approximate surface area is 128 Å². The van der Waals surface area contributed by atoms with Crippen LogP contribution < -0.4 is 5.32 Å². The molecule has 0 unspecified atom stereocenters. The van der Waals surface area contributed by atoms with Crippen molar-refractivity contribution in [2.75, 3.05) is 11.9 Å². The first kappa shape index (κ1) is 14.1. The third-order valence-corrected chi connectivity index (χ3v) is 3.54. The minimum atomic E-state index is -0.103. The topological polar surface area (TPSA) is 78.3 Å². The predicted octanol–water partition coefficient (Wildman–Crippen LogP) is 3.00. The average molecular weight is 295 g/mol. The van der Waals surface area contributed by atoms with Crippen LogP contribution in [0.5, 0.6) is 11.5 Å². The van der Waals surface area contributed by atoms with E-state index in [0.717, 1.165) is 27.8 Å². The summed E-state index contributed by atoms with van der Waals surface area (Å²) in [5.41, 5.74) is 3.01. The van der Waals surface area contributed by atoms with Crippen molar-refractivity contribution in [3.05, 3.63) is 53.9 Å². The number of aryl methyl sites for hydroxylation is 1.